The fourth-order valence-corrected chi connectivity index (χ4v) is 0.0577. The van der Waals surface area contributed by atoms with E-state index in [1.807, 2.05) is 0 Å². The molecule has 10 heavy (non-hydrogen) atoms. The first kappa shape index (κ1) is 16.0. The van der Waals surface area contributed by atoms with Crippen molar-refractivity contribution in [2.75, 3.05) is 0 Å². The number of aliphatic imine (C=N–C) groups is 1. The van der Waals surface area contributed by atoms with E-state index < -0.39 is 0 Å². The highest BCUT2D eigenvalue weighted by atomic mass is 35.5. The molecular formula is C5H13ClN4. The molecule has 0 saturated heterocycles. The Morgan fingerprint density at radius 3 is 1.80 bits per heavy atom. The van der Waals surface area contributed by atoms with Crippen LogP contribution in [0.1, 0.15) is 20.3 Å². The Morgan fingerprint density at radius 1 is 1.50 bits per heavy atom. The summed E-state index contributed by atoms with van der Waals surface area (Å²) >= 11 is 0. The van der Waals surface area contributed by atoms with Gasteiger partial charge in [0.25, 0.3) is 0 Å². The highest BCUT2D eigenvalue weighted by Crippen LogP contribution is 1.56. The minimum Gasteiger partial charge on any atom is -0.369 e. The van der Waals surface area contributed by atoms with Gasteiger partial charge in [0.2, 0.25) is 12.2 Å². The van der Waals surface area contributed by atoms with Crippen molar-refractivity contribution in [2.24, 2.45) is 16.5 Å². The molecule has 0 fully saturated rings. The van der Waals surface area contributed by atoms with Gasteiger partial charge in [-0.05, 0) is 0 Å². The summed E-state index contributed by atoms with van der Waals surface area (Å²) < 4.78 is 0. The van der Waals surface area contributed by atoms with Gasteiger partial charge in [0.05, 0.1) is 0 Å². The molecule has 0 aliphatic heterocycles. The first-order chi connectivity index (χ1) is 4.18. The molecule has 0 aromatic carbocycles. The summed E-state index contributed by atoms with van der Waals surface area (Å²) in [6.45, 7) is 4.25. The number of halogens is 1. The minimum atomic E-state index is -0.197. The second-order valence-corrected chi connectivity index (χ2v) is 1.34. The molecular weight excluding hydrogens is 152 g/mol. The summed E-state index contributed by atoms with van der Waals surface area (Å²) in [5.74, 6) is -0.197. The van der Waals surface area contributed by atoms with Gasteiger partial charge in [-0.2, -0.15) is 5.26 Å². The molecule has 0 spiro atoms. The van der Waals surface area contributed by atoms with Crippen LogP contribution in [0.15, 0.2) is 4.99 Å². The number of nitrogens with zero attached hydrogens (tertiary/aromatic N) is 2. The zero-order chi connectivity index (χ0) is 7.70. The number of nitriles is 1. The molecule has 0 heterocycles. The van der Waals surface area contributed by atoms with Crippen molar-refractivity contribution in [1.82, 2.24) is 0 Å². The van der Waals surface area contributed by atoms with Crippen molar-refractivity contribution in [1.29, 1.82) is 5.26 Å². The monoisotopic (exact) mass is 164 g/mol. The van der Waals surface area contributed by atoms with E-state index in [4.69, 9.17) is 16.7 Å². The first-order valence-electron chi connectivity index (χ1n) is 2.66. The molecule has 0 amide bonds. The molecule has 0 radical (unpaired) electrons. The quantitative estimate of drug-likeness (QED) is 0.312. The molecule has 0 aliphatic rings. The Kier molecular flexibility index (Phi) is 25.1. The zero-order valence-electron chi connectivity index (χ0n) is 6.16. The summed E-state index contributed by atoms with van der Waals surface area (Å²) in [5.41, 5.74) is 9.42. The Morgan fingerprint density at radius 2 is 1.80 bits per heavy atom. The second-order valence-electron chi connectivity index (χ2n) is 1.34. The van der Waals surface area contributed by atoms with Crippen molar-refractivity contribution < 1.29 is 0 Å². The normalized spacial score (nSPS) is 5.30. The number of hydrogen-bond acceptors (Lipinski definition) is 2. The molecule has 5 heteroatoms. The predicted octanol–water partition coefficient (Wildman–Crippen LogP) is 0.579. The molecule has 0 saturated carbocycles. The maximum atomic E-state index is 7.64. The highest BCUT2D eigenvalue weighted by molar-refractivity contribution is 5.85. The summed E-state index contributed by atoms with van der Waals surface area (Å²) in [6, 6.07) is 0. The van der Waals surface area contributed by atoms with Crippen LogP contribution in [0.2, 0.25) is 0 Å². The maximum Gasteiger partial charge on any atom is 0.209 e. The van der Waals surface area contributed by atoms with Gasteiger partial charge in [0.1, 0.15) is 0 Å². The van der Waals surface area contributed by atoms with E-state index in [1.165, 1.54) is 12.6 Å². The lowest BCUT2D eigenvalue weighted by atomic mass is 10.6. The number of nitrogens with two attached hydrogens (primary N) is 2. The lowest BCUT2D eigenvalue weighted by Crippen LogP contribution is -2.21. The zero-order valence-corrected chi connectivity index (χ0v) is 6.98. The molecule has 0 aromatic heterocycles. The van der Waals surface area contributed by atoms with Gasteiger partial charge in [0.15, 0.2) is 0 Å². The van der Waals surface area contributed by atoms with E-state index >= 15 is 0 Å². The Balaban J connectivity index is -0.000000107. The average Bonchev–Trinajstić information content (AvgIpc) is 1.67. The van der Waals surface area contributed by atoms with Crippen LogP contribution in [0.3, 0.4) is 0 Å². The van der Waals surface area contributed by atoms with Gasteiger partial charge in [-0.15, -0.1) is 17.4 Å². The third-order valence-electron chi connectivity index (χ3n) is 0.179. The van der Waals surface area contributed by atoms with Gasteiger partial charge in [-0.1, -0.05) is 20.3 Å². The average molecular weight is 165 g/mol. The molecule has 0 aromatic rings. The van der Waals surface area contributed by atoms with Crippen LogP contribution in [-0.4, -0.2) is 5.96 Å². The van der Waals surface area contributed by atoms with Gasteiger partial charge in [-0.3, -0.25) is 0 Å². The van der Waals surface area contributed by atoms with Crippen LogP contribution >= 0.6 is 12.4 Å². The van der Waals surface area contributed by atoms with Gasteiger partial charge < -0.3 is 11.5 Å². The van der Waals surface area contributed by atoms with Crippen LogP contribution in [0, 0.1) is 11.5 Å². The molecule has 4 N–H and O–H groups in total. The topological polar surface area (TPSA) is 88.2 Å². The number of guanidine groups is 1. The van der Waals surface area contributed by atoms with Crippen LogP contribution < -0.4 is 11.5 Å². The molecule has 0 rings (SSSR count). The van der Waals surface area contributed by atoms with Crippen LogP contribution in [0.4, 0.5) is 0 Å². The third-order valence-corrected chi connectivity index (χ3v) is 0.179. The summed E-state index contributed by atoms with van der Waals surface area (Å²) in [5, 5.41) is 7.64. The van der Waals surface area contributed by atoms with E-state index in [9.17, 15) is 0 Å². The lowest BCUT2D eigenvalue weighted by molar-refractivity contribution is 1.09. The molecule has 0 unspecified atom stereocenters. The SMILES string of the molecule is CCC.Cl.N#CN=C(N)N. The second kappa shape index (κ2) is 15.7. The predicted molar refractivity (Wildman–Crippen MR) is 44.6 cm³/mol. The minimum absolute atomic E-state index is 0. The Bertz CT molecular complexity index is 111. The molecule has 0 aliphatic carbocycles. The fourth-order valence-electron chi connectivity index (χ4n) is 0.0577. The van der Waals surface area contributed by atoms with E-state index in [0.29, 0.717) is 0 Å². The van der Waals surface area contributed by atoms with E-state index in [-0.39, 0.29) is 18.4 Å². The third kappa shape index (κ3) is 61.4. The van der Waals surface area contributed by atoms with Crippen molar-refractivity contribution >= 4 is 18.4 Å². The highest BCUT2D eigenvalue weighted by Gasteiger charge is 1.67. The largest absolute Gasteiger partial charge is 0.369 e. The molecule has 4 nitrogen and oxygen atoms in total. The van der Waals surface area contributed by atoms with Crippen molar-refractivity contribution in [3.8, 4) is 6.19 Å². The van der Waals surface area contributed by atoms with Crippen LogP contribution in [0.5, 0.6) is 0 Å². The molecule has 0 atom stereocenters. The van der Waals surface area contributed by atoms with Crippen molar-refractivity contribution in [2.45, 2.75) is 20.3 Å². The summed E-state index contributed by atoms with van der Waals surface area (Å²) in [6.07, 6.45) is 2.66. The van der Waals surface area contributed by atoms with Gasteiger partial charge >= 0.3 is 0 Å². The smallest absolute Gasteiger partial charge is 0.209 e. The van der Waals surface area contributed by atoms with E-state index in [0.717, 1.165) is 0 Å². The number of rotatable bonds is 0. The fraction of sp³-hybridized carbons (Fsp3) is 0.600. The Labute approximate surface area is 67.3 Å². The van der Waals surface area contributed by atoms with Crippen LogP contribution in [-0.2, 0) is 0 Å². The van der Waals surface area contributed by atoms with Crippen molar-refractivity contribution in [3.63, 3.8) is 0 Å². The van der Waals surface area contributed by atoms with Gasteiger partial charge in [0, 0.05) is 0 Å². The standard InChI is InChI=1S/C3H8.C2H4N4.ClH/c1-3-2;3-1-6-2(4)5;/h3H2,1-2H3;(H4,4,5,6);1H. The van der Waals surface area contributed by atoms with Crippen LogP contribution in [0.25, 0.3) is 0 Å². The number of hydrogen-bond donors (Lipinski definition) is 2. The van der Waals surface area contributed by atoms with Gasteiger partial charge in [-0.25, -0.2) is 0 Å². The first-order valence-corrected chi connectivity index (χ1v) is 2.66. The van der Waals surface area contributed by atoms with Crippen molar-refractivity contribution in [3.05, 3.63) is 0 Å². The summed E-state index contributed by atoms with van der Waals surface area (Å²) in [7, 11) is 0. The van der Waals surface area contributed by atoms with E-state index in [2.05, 4.69) is 18.8 Å². The van der Waals surface area contributed by atoms with E-state index in [1.54, 1.807) is 0 Å². The Hall–Kier alpha value is -0.950. The molecule has 0 bridgehead atoms. The molecule has 60 valence electrons. The summed E-state index contributed by atoms with van der Waals surface area (Å²) in [4.78, 5) is 2.90. The maximum absolute atomic E-state index is 7.64. The lowest BCUT2D eigenvalue weighted by Gasteiger charge is -1.74.